The summed E-state index contributed by atoms with van der Waals surface area (Å²) in [6, 6.07) is 7.00. The molecule has 0 fully saturated rings. The zero-order valence-corrected chi connectivity index (χ0v) is 10.2. The fourth-order valence-electron chi connectivity index (χ4n) is 1.35. The third-order valence-corrected chi connectivity index (χ3v) is 2.46. The Bertz CT molecular complexity index is 628. The fraction of sp³-hybridized carbons (Fsp3) is 0. The first-order valence-corrected chi connectivity index (χ1v) is 5.51. The van der Waals surface area contributed by atoms with E-state index in [-0.39, 0.29) is 22.3 Å². The molecule has 96 valence electrons. The standard InChI is InChI=1S/C12H7ClN2O4/c13-9-2-3-11(10(5-9)15(17)18)19-12-4-1-8(7-16)6-14-12/h1-7H. The van der Waals surface area contributed by atoms with Crippen LogP contribution in [0, 0.1) is 10.1 Å². The van der Waals surface area contributed by atoms with Crippen LogP contribution in [-0.4, -0.2) is 16.2 Å². The maximum atomic E-state index is 10.9. The smallest absolute Gasteiger partial charge is 0.313 e. The van der Waals surface area contributed by atoms with Crippen molar-refractivity contribution in [1.82, 2.24) is 4.98 Å². The average molecular weight is 279 g/mol. The molecule has 0 radical (unpaired) electrons. The molecule has 1 heterocycles. The molecule has 0 atom stereocenters. The second-order valence-corrected chi connectivity index (χ2v) is 3.96. The Kier molecular flexibility index (Phi) is 3.72. The van der Waals surface area contributed by atoms with Crippen LogP contribution in [0.4, 0.5) is 5.69 Å². The molecular weight excluding hydrogens is 272 g/mol. The molecule has 0 saturated heterocycles. The summed E-state index contributed by atoms with van der Waals surface area (Å²) in [7, 11) is 0. The Morgan fingerprint density at radius 3 is 2.68 bits per heavy atom. The molecule has 0 unspecified atom stereocenters. The summed E-state index contributed by atoms with van der Waals surface area (Å²) in [5, 5.41) is 11.1. The van der Waals surface area contributed by atoms with E-state index in [1.165, 1.54) is 36.5 Å². The zero-order chi connectivity index (χ0) is 13.8. The Morgan fingerprint density at radius 2 is 2.11 bits per heavy atom. The number of nitro benzene ring substituents is 1. The number of benzene rings is 1. The number of pyridine rings is 1. The van der Waals surface area contributed by atoms with Crippen molar-refractivity contribution in [3.8, 4) is 11.6 Å². The number of aldehydes is 1. The van der Waals surface area contributed by atoms with Gasteiger partial charge in [0.05, 0.1) is 4.92 Å². The number of rotatable bonds is 4. The lowest BCUT2D eigenvalue weighted by Crippen LogP contribution is -1.95. The SMILES string of the molecule is O=Cc1ccc(Oc2ccc(Cl)cc2[N+](=O)[O-])nc1. The summed E-state index contributed by atoms with van der Waals surface area (Å²) in [6.45, 7) is 0. The molecule has 0 bridgehead atoms. The van der Waals surface area contributed by atoms with Crippen molar-refractivity contribution in [2.24, 2.45) is 0 Å². The van der Waals surface area contributed by atoms with Crippen LogP contribution in [0.15, 0.2) is 36.5 Å². The van der Waals surface area contributed by atoms with Crippen molar-refractivity contribution < 1.29 is 14.5 Å². The number of halogens is 1. The van der Waals surface area contributed by atoms with Gasteiger partial charge in [-0.3, -0.25) is 14.9 Å². The Hall–Kier alpha value is -2.47. The van der Waals surface area contributed by atoms with Crippen molar-refractivity contribution in [3.63, 3.8) is 0 Å². The van der Waals surface area contributed by atoms with Crippen LogP contribution in [0.1, 0.15) is 10.4 Å². The summed E-state index contributed by atoms with van der Waals surface area (Å²) < 4.78 is 5.30. The summed E-state index contributed by atoms with van der Waals surface area (Å²) in [6.07, 6.45) is 1.95. The van der Waals surface area contributed by atoms with Crippen LogP contribution in [0.5, 0.6) is 11.6 Å². The van der Waals surface area contributed by atoms with Gasteiger partial charge in [-0.1, -0.05) is 11.6 Å². The normalized spacial score (nSPS) is 9.95. The molecule has 19 heavy (non-hydrogen) atoms. The molecule has 6 nitrogen and oxygen atoms in total. The van der Waals surface area contributed by atoms with Gasteiger partial charge in [0.1, 0.15) is 0 Å². The Balaban J connectivity index is 2.31. The summed E-state index contributed by atoms with van der Waals surface area (Å²) in [4.78, 5) is 24.6. The summed E-state index contributed by atoms with van der Waals surface area (Å²) in [5.74, 6) is 0.178. The number of carbonyl (C=O) groups is 1. The van der Waals surface area contributed by atoms with E-state index in [1.54, 1.807) is 0 Å². The van der Waals surface area contributed by atoms with E-state index < -0.39 is 4.92 Å². The van der Waals surface area contributed by atoms with Gasteiger partial charge in [0, 0.05) is 28.9 Å². The number of nitro groups is 1. The minimum atomic E-state index is -0.596. The van der Waals surface area contributed by atoms with Gasteiger partial charge in [-0.2, -0.15) is 0 Å². The minimum absolute atomic E-state index is 0.0285. The monoisotopic (exact) mass is 278 g/mol. The minimum Gasteiger partial charge on any atom is -0.432 e. The maximum Gasteiger partial charge on any atom is 0.313 e. The lowest BCUT2D eigenvalue weighted by molar-refractivity contribution is -0.385. The number of nitrogens with zero attached hydrogens (tertiary/aromatic N) is 2. The molecule has 0 aliphatic heterocycles. The lowest BCUT2D eigenvalue weighted by Gasteiger charge is -2.05. The van der Waals surface area contributed by atoms with E-state index in [9.17, 15) is 14.9 Å². The topological polar surface area (TPSA) is 82.3 Å². The van der Waals surface area contributed by atoms with Gasteiger partial charge in [0.2, 0.25) is 11.6 Å². The lowest BCUT2D eigenvalue weighted by atomic mass is 10.3. The molecule has 2 aromatic rings. The van der Waals surface area contributed by atoms with Crippen LogP contribution >= 0.6 is 11.6 Å². The third-order valence-electron chi connectivity index (χ3n) is 2.23. The first kappa shape index (κ1) is 13.0. The highest BCUT2D eigenvalue weighted by molar-refractivity contribution is 6.30. The van der Waals surface area contributed by atoms with Crippen molar-refractivity contribution >= 4 is 23.6 Å². The molecule has 0 saturated carbocycles. The molecule has 0 N–H and O–H groups in total. The quantitative estimate of drug-likeness (QED) is 0.487. The van der Waals surface area contributed by atoms with Crippen LogP contribution in [0.25, 0.3) is 0 Å². The molecule has 1 aromatic carbocycles. The van der Waals surface area contributed by atoms with Gasteiger partial charge in [-0.05, 0) is 18.2 Å². The summed E-state index contributed by atoms with van der Waals surface area (Å²) >= 11 is 5.69. The molecule has 1 aromatic heterocycles. The highest BCUT2D eigenvalue weighted by Gasteiger charge is 2.16. The van der Waals surface area contributed by atoms with Crippen molar-refractivity contribution in [1.29, 1.82) is 0 Å². The van der Waals surface area contributed by atoms with E-state index in [0.717, 1.165) is 0 Å². The van der Waals surface area contributed by atoms with Crippen molar-refractivity contribution in [3.05, 3.63) is 57.2 Å². The molecular formula is C12H7ClN2O4. The molecule has 0 spiro atoms. The van der Waals surface area contributed by atoms with Crippen LogP contribution < -0.4 is 4.74 Å². The van der Waals surface area contributed by atoms with Gasteiger partial charge < -0.3 is 4.74 Å². The number of carbonyl (C=O) groups excluding carboxylic acids is 1. The fourth-order valence-corrected chi connectivity index (χ4v) is 1.52. The average Bonchev–Trinajstić information content (AvgIpc) is 2.41. The predicted octanol–water partition coefficient (Wildman–Crippen LogP) is 3.25. The molecule has 0 amide bonds. The highest BCUT2D eigenvalue weighted by atomic mass is 35.5. The van der Waals surface area contributed by atoms with E-state index in [0.29, 0.717) is 11.8 Å². The molecule has 2 rings (SSSR count). The number of hydrogen-bond acceptors (Lipinski definition) is 5. The van der Waals surface area contributed by atoms with Crippen molar-refractivity contribution in [2.75, 3.05) is 0 Å². The number of aromatic nitrogens is 1. The van der Waals surface area contributed by atoms with E-state index >= 15 is 0 Å². The van der Waals surface area contributed by atoms with Crippen LogP contribution in [-0.2, 0) is 0 Å². The van der Waals surface area contributed by atoms with E-state index in [2.05, 4.69) is 4.98 Å². The molecule has 7 heteroatoms. The summed E-state index contributed by atoms with van der Waals surface area (Å²) in [5.41, 5.74) is 0.131. The first-order valence-electron chi connectivity index (χ1n) is 5.13. The predicted molar refractivity (Wildman–Crippen MR) is 67.8 cm³/mol. The van der Waals surface area contributed by atoms with Crippen LogP contribution in [0.2, 0.25) is 5.02 Å². The van der Waals surface area contributed by atoms with Crippen LogP contribution in [0.3, 0.4) is 0 Å². The van der Waals surface area contributed by atoms with E-state index in [4.69, 9.17) is 16.3 Å². The van der Waals surface area contributed by atoms with Gasteiger partial charge >= 0.3 is 5.69 Å². The van der Waals surface area contributed by atoms with Gasteiger partial charge in [0.25, 0.3) is 0 Å². The highest BCUT2D eigenvalue weighted by Crippen LogP contribution is 2.32. The zero-order valence-electron chi connectivity index (χ0n) is 9.45. The van der Waals surface area contributed by atoms with Crippen molar-refractivity contribution in [2.45, 2.75) is 0 Å². The third kappa shape index (κ3) is 3.05. The first-order chi connectivity index (χ1) is 9.10. The van der Waals surface area contributed by atoms with E-state index in [1.807, 2.05) is 0 Å². The largest absolute Gasteiger partial charge is 0.432 e. The van der Waals surface area contributed by atoms with Gasteiger partial charge in [-0.15, -0.1) is 0 Å². The Morgan fingerprint density at radius 1 is 1.32 bits per heavy atom. The Labute approximate surface area is 112 Å². The number of ether oxygens (including phenoxy) is 1. The number of hydrogen-bond donors (Lipinski definition) is 0. The van der Waals surface area contributed by atoms with Gasteiger partial charge in [0.15, 0.2) is 6.29 Å². The van der Waals surface area contributed by atoms with Gasteiger partial charge in [-0.25, -0.2) is 4.98 Å². The molecule has 0 aliphatic rings. The second-order valence-electron chi connectivity index (χ2n) is 3.52. The second kappa shape index (κ2) is 5.45. The maximum absolute atomic E-state index is 10.9. The molecule has 0 aliphatic carbocycles.